The Bertz CT molecular complexity index is 1080. The van der Waals surface area contributed by atoms with Gasteiger partial charge in [0.25, 0.3) is 0 Å². The molecule has 3 aromatic carbocycles. The van der Waals surface area contributed by atoms with Crippen molar-refractivity contribution in [2.45, 2.75) is 5.92 Å². The van der Waals surface area contributed by atoms with Gasteiger partial charge in [0.15, 0.2) is 0 Å². The summed E-state index contributed by atoms with van der Waals surface area (Å²) in [6.45, 7) is 0. The molecule has 1 unspecified atom stereocenters. The molecule has 5 heteroatoms. The van der Waals surface area contributed by atoms with Gasteiger partial charge in [0, 0.05) is 10.9 Å². The van der Waals surface area contributed by atoms with Crippen LogP contribution < -0.4 is 10.5 Å². The van der Waals surface area contributed by atoms with Gasteiger partial charge in [-0.1, -0.05) is 71.7 Å². The second kappa shape index (κ2) is 6.00. The molecule has 4 rings (SSSR count). The van der Waals surface area contributed by atoms with Crippen molar-refractivity contribution in [2.75, 3.05) is 0 Å². The second-order valence-electron chi connectivity index (χ2n) is 5.77. The number of allylic oxidation sites excluding steroid dienone is 1. The number of hydrogen-bond acceptors (Lipinski definition) is 3. The molecule has 3 aromatic rings. The summed E-state index contributed by atoms with van der Waals surface area (Å²) in [5.74, 6) is 0.313. The van der Waals surface area contributed by atoms with E-state index in [2.05, 4.69) is 6.07 Å². The predicted molar refractivity (Wildman–Crippen MR) is 99.7 cm³/mol. The molecular weight excluding hydrogens is 355 g/mol. The minimum absolute atomic E-state index is 0.0902. The Hall–Kier alpha value is -2.67. The highest BCUT2D eigenvalue weighted by Crippen LogP contribution is 2.47. The molecule has 1 aliphatic heterocycles. The second-order valence-corrected chi connectivity index (χ2v) is 6.56. The Morgan fingerprint density at radius 1 is 0.960 bits per heavy atom. The largest absolute Gasteiger partial charge is 0.440 e. The maximum Gasteiger partial charge on any atom is 0.205 e. The first-order valence-electron chi connectivity index (χ1n) is 7.65. The smallest absolute Gasteiger partial charge is 0.205 e. The number of halogens is 2. The van der Waals surface area contributed by atoms with Crippen LogP contribution in [-0.4, -0.2) is 0 Å². The van der Waals surface area contributed by atoms with E-state index in [9.17, 15) is 5.26 Å². The molecule has 25 heavy (non-hydrogen) atoms. The van der Waals surface area contributed by atoms with Crippen LogP contribution in [0.1, 0.15) is 17.0 Å². The van der Waals surface area contributed by atoms with Gasteiger partial charge in [0.1, 0.15) is 17.4 Å². The minimum Gasteiger partial charge on any atom is -0.440 e. The van der Waals surface area contributed by atoms with E-state index in [0.717, 1.165) is 21.9 Å². The Morgan fingerprint density at radius 3 is 2.56 bits per heavy atom. The SMILES string of the molecule is N#CC1=C(N)Oc2c(ccc3ccccc23)C1c1cccc(Cl)c1Cl. The minimum atomic E-state index is -0.426. The molecule has 2 N–H and O–H groups in total. The molecule has 0 aromatic heterocycles. The van der Waals surface area contributed by atoms with E-state index in [0.29, 0.717) is 21.4 Å². The molecule has 3 nitrogen and oxygen atoms in total. The summed E-state index contributed by atoms with van der Waals surface area (Å²) in [6, 6.07) is 19.4. The summed E-state index contributed by atoms with van der Waals surface area (Å²) in [6.07, 6.45) is 0. The van der Waals surface area contributed by atoms with Gasteiger partial charge in [0.05, 0.1) is 16.0 Å². The van der Waals surface area contributed by atoms with Crippen molar-refractivity contribution in [1.82, 2.24) is 0 Å². The molecule has 0 aliphatic carbocycles. The molecule has 0 amide bonds. The summed E-state index contributed by atoms with van der Waals surface area (Å²) in [4.78, 5) is 0. The van der Waals surface area contributed by atoms with Gasteiger partial charge in [-0.05, 0) is 17.0 Å². The highest BCUT2D eigenvalue weighted by Gasteiger charge is 2.33. The van der Waals surface area contributed by atoms with Crippen LogP contribution in [0.3, 0.4) is 0 Å². The zero-order chi connectivity index (χ0) is 17.6. The number of nitrogens with zero attached hydrogens (tertiary/aromatic N) is 1. The third kappa shape index (κ3) is 2.42. The van der Waals surface area contributed by atoms with E-state index < -0.39 is 5.92 Å². The number of benzene rings is 3. The van der Waals surface area contributed by atoms with Crippen LogP contribution in [0.5, 0.6) is 5.75 Å². The van der Waals surface area contributed by atoms with Gasteiger partial charge in [-0.15, -0.1) is 0 Å². The zero-order valence-electron chi connectivity index (χ0n) is 13.0. The van der Waals surface area contributed by atoms with E-state index in [1.54, 1.807) is 6.07 Å². The van der Waals surface area contributed by atoms with Gasteiger partial charge < -0.3 is 10.5 Å². The predicted octanol–water partition coefficient (Wildman–Crippen LogP) is 5.36. The average Bonchev–Trinajstić information content (AvgIpc) is 2.63. The van der Waals surface area contributed by atoms with Crippen molar-refractivity contribution in [3.63, 3.8) is 0 Å². The normalized spacial score (nSPS) is 16.3. The number of nitriles is 1. The number of rotatable bonds is 1. The van der Waals surface area contributed by atoms with Crippen LogP contribution in [0.15, 0.2) is 66.1 Å². The maximum atomic E-state index is 9.65. The molecule has 0 saturated carbocycles. The molecule has 0 radical (unpaired) electrons. The lowest BCUT2D eigenvalue weighted by Crippen LogP contribution is -2.21. The summed E-state index contributed by atoms with van der Waals surface area (Å²) < 4.78 is 5.83. The van der Waals surface area contributed by atoms with E-state index in [-0.39, 0.29) is 5.88 Å². The van der Waals surface area contributed by atoms with Gasteiger partial charge in [0.2, 0.25) is 5.88 Å². The molecule has 0 saturated heterocycles. The van der Waals surface area contributed by atoms with Crippen molar-refractivity contribution in [2.24, 2.45) is 5.73 Å². The number of fused-ring (bicyclic) bond motifs is 3. The first-order valence-corrected chi connectivity index (χ1v) is 8.40. The molecular formula is C20H12Cl2N2O. The van der Waals surface area contributed by atoms with Crippen molar-refractivity contribution in [3.8, 4) is 11.8 Å². The average molecular weight is 367 g/mol. The van der Waals surface area contributed by atoms with Gasteiger partial charge in [-0.25, -0.2) is 0 Å². The number of ether oxygens (including phenoxy) is 1. The van der Waals surface area contributed by atoms with Crippen LogP contribution in [0.2, 0.25) is 10.0 Å². The molecule has 1 atom stereocenters. The summed E-state index contributed by atoms with van der Waals surface area (Å²) in [7, 11) is 0. The van der Waals surface area contributed by atoms with Crippen LogP contribution in [-0.2, 0) is 0 Å². The molecule has 0 spiro atoms. The lowest BCUT2D eigenvalue weighted by atomic mass is 9.82. The van der Waals surface area contributed by atoms with Gasteiger partial charge in [-0.2, -0.15) is 5.26 Å². The monoisotopic (exact) mass is 366 g/mol. The Labute approximate surface area is 154 Å². The first-order chi connectivity index (χ1) is 12.1. The fraction of sp³-hybridized carbons (Fsp3) is 0.0500. The van der Waals surface area contributed by atoms with Crippen LogP contribution in [0, 0.1) is 11.3 Å². The van der Waals surface area contributed by atoms with Gasteiger partial charge >= 0.3 is 0 Å². The highest BCUT2D eigenvalue weighted by atomic mass is 35.5. The quantitative estimate of drug-likeness (QED) is 0.630. The van der Waals surface area contributed by atoms with Crippen molar-refractivity contribution >= 4 is 34.0 Å². The van der Waals surface area contributed by atoms with E-state index in [4.69, 9.17) is 33.7 Å². The molecule has 1 heterocycles. The fourth-order valence-electron chi connectivity index (χ4n) is 3.25. The summed E-state index contributed by atoms with van der Waals surface area (Å²) in [5, 5.41) is 12.5. The zero-order valence-corrected chi connectivity index (χ0v) is 14.5. The van der Waals surface area contributed by atoms with Gasteiger partial charge in [-0.3, -0.25) is 0 Å². The molecule has 1 aliphatic rings. The standard InChI is InChI=1S/C20H12Cl2N2O/c21-16-7-3-6-13(18(16)22)17-14-9-8-11-4-1-2-5-12(11)19(14)25-20(24)15(17)10-23/h1-9,17H,24H2. The Kier molecular flexibility index (Phi) is 3.80. The topological polar surface area (TPSA) is 59.0 Å². The third-order valence-electron chi connectivity index (χ3n) is 4.40. The van der Waals surface area contributed by atoms with E-state index >= 15 is 0 Å². The first kappa shape index (κ1) is 15.8. The van der Waals surface area contributed by atoms with Crippen molar-refractivity contribution in [3.05, 3.63) is 87.2 Å². The fourth-order valence-corrected chi connectivity index (χ4v) is 3.67. The van der Waals surface area contributed by atoms with E-state index in [1.807, 2.05) is 48.5 Å². The van der Waals surface area contributed by atoms with Crippen LogP contribution in [0.25, 0.3) is 10.8 Å². The van der Waals surface area contributed by atoms with Crippen molar-refractivity contribution in [1.29, 1.82) is 5.26 Å². The lowest BCUT2D eigenvalue weighted by Gasteiger charge is -2.28. The number of nitrogens with two attached hydrogens (primary N) is 1. The lowest BCUT2D eigenvalue weighted by molar-refractivity contribution is 0.398. The molecule has 0 bridgehead atoms. The summed E-state index contributed by atoms with van der Waals surface area (Å²) >= 11 is 12.6. The van der Waals surface area contributed by atoms with Crippen LogP contribution in [0.4, 0.5) is 0 Å². The maximum absolute atomic E-state index is 9.65. The highest BCUT2D eigenvalue weighted by molar-refractivity contribution is 6.42. The molecule has 122 valence electrons. The number of hydrogen-bond donors (Lipinski definition) is 1. The Balaban J connectivity index is 2.05. The van der Waals surface area contributed by atoms with Crippen molar-refractivity contribution < 1.29 is 4.74 Å². The van der Waals surface area contributed by atoms with Crippen LogP contribution >= 0.6 is 23.2 Å². The Morgan fingerprint density at radius 2 is 1.76 bits per heavy atom. The van der Waals surface area contributed by atoms with E-state index in [1.165, 1.54) is 0 Å². The molecule has 0 fully saturated rings. The third-order valence-corrected chi connectivity index (χ3v) is 5.23. The summed E-state index contributed by atoms with van der Waals surface area (Å²) in [5.41, 5.74) is 7.97.